The first kappa shape index (κ1) is 14.9. The zero-order chi connectivity index (χ0) is 14.5. The molecule has 20 heavy (non-hydrogen) atoms. The Morgan fingerprint density at radius 2 is 1.70 bits per heavy atom. The summed E-state index contributed by atoms with van der Waals surface area (Å²) in [7, 11) is 3.58. The third-order valence-electron chi connectivity index (χ3n) is 3.16. The maximum atomic E-state index is 5.97. The fourth-order valence-corrected chi connectivity index (χ4v) is 2.26. The monoisotopic (exact) mass is 335 g/mol. The number of nitrogens with one attached hydrogen (secondary N) is 1. The average Bonchev–Trinajstić information content (AvgIpc) is 2.49. The number of benzene rings is 2. The van der Waals surface area contributed by atoms with Gasteiger partial charge >= 0.3 is 0 Å². The molecule has 0 amide bonds. The Balaban J connectivity index is 2.27. The molecular weight excluding hydrogens is 318 g/mol. The number of rotatable bonds is 5. The first-order valence-electron chi connectivity index (χ1n) is 6.42. The lowest BCUT2D eigenvalue weighted by Crippen LogP contribution is -2.13. The molecule has 0 radical (unpaired) electrons. The fraction of sp³-hybridized carbons (Fsp3) is 0.250. The van der Waals surface area contributed by atoms with Crippen molar-refractivity contribution in [2.24, 2.45) is 0 Å². The van der Waals surface area contributed by atoms with Crippen LogP contribution in [0, 0.1) is 0 Å². The molecule has 1 N–H and O–H groups in total. The molecule has 106 valence electrons. The van der Waals surface area contributed by atoms with E-state index < -0.39 is 0 Å². The minimum Gasteiger partial charge on any atom is -0.497 e. The van der Waals surface area contributed by atoms with Crippen LogP contribution in [0.5, 0.6) is 17.2 Å². The van der Waals surface area contributed by atoms with Crippen LogP contribution in [0.3, 0.4) is 0 Å². The summed E-state index contributed by atoms with van der Waals surface area (Å²) in [5, 5.41) is 3.23. The van der Waals surface area contributed by atoms with E-state index in [9.17, 15) is 0 Å². The van der Waals surface area contributed by atoms with E-state index in [0.717, 1.165) is 27.3 Å². The Morgan fingerprint density at radius 3 is 2.30 bits per heavy atom. The van der Waals surface area contributed by atoms with Gasteiger partial charge in [0.2, 0.25) is 0 Å². The Kier molecular flexibility index (Phi) is 5.04. The Labute approximate surface area is 128 Å². The first-order chi connectivity index (χ1) is 9.63. The second kappa shape index (κ2) is 6.77. The van der Waals surface area contributed by atoms with Gasteiger partial charge in [-0.1, -0.05) is 15.9 Å². The van der Waals surface area contributed by atoms with E-state index in [-0.39, 0.29) is 6.04 Å². The molecule has 4 heteroatoms. The smallest absolute Gasteiger partial charge is 0.132 e. The fourth-order valence-electron chi connectivity index (χ4n) is 1.88. The van der Waals surface area contributed by atoms with Gasteiger partial charge in [-0.15, -0.1) is 0 Å². The van der Waals surface area contributed by atoms with Gasteiger partial charge in [0, 0.05) is 16.1 Å². The van der Waals surface area contributed by atoms with E-state index in [4.69, 9.17) is 9.47 Å². The Morgan fingerprint density at radius 1 is 1.05 bits per heavy atom. The second-order valence-electron chi connectivity index (χ2n) is 4.47. The lowest BCUT2D eigenvalue weighted by atomic mass is 10.1. The molecule has 2 aromatic carbocycles. The van der Waals surface area contributed by atoms with Crippen LogP contribution in [0.15, 0.2) is 46.9 Å². The third-order valence-corrected chi connectivity index (χ3v) is 3.65. The van der Waals surface area contributed by atoms with Crippen molar-refractivity contribution in [1.29, 1.82) is 0 Å². The molecular formula is C16H18BrNO2. The first-order valence-corrected chi connectivity index (χ1v) is 7.22. The molecule has 0 heterocycles. The standard InChI is InChI=1S/C16H18BrNO2/c1-11(18-2)15-10-12(17)4-9-16(15)20-14-7-5-13(19-3)6-8-14/h4-11,18H,1-3H3. The molecule has 0 bridgehead atoms. The van der Waals surface area contributed by atoms with Crippen LogP contribution in [-0.4, -0.2) is 14.2 Å². The molecule has 2 aromatic rings. The highest BCUT2D eigenvalue weighted by atomic mass is 79.9. The number of hydrogen-bond donors (Lipinski definition) is 1. The summed E-state index contributed by atoms with van der Waals surface area (Å²) in [6.07, 6.45) is 0. The van der Waals surface area contributed by atoms with Crippen molar-refractivity contribution in [3.05, 3.63) is 52.5 Å². The summed E-state index contributed by atoms with van der Waals surface area (Å²) in [4.78, 5) is 0. The maximum Gasteiger partial charge on any atom is 0.132 e. The molecule has 0 aromatic heterocycles. The molecule has 0 aliphatic heterocycles. The number of methoxy groups -OCH3 is 1. The molecule has 0 aliphatic carbocycles. The summed E-state index contributed by atoms with van der Waals surface area (Å²) in [6.45, 7) is 2.10. The zero-order valence-electron chi connectivity index (χ0n) is 11.8. The molecule has 0 aliphatic rings. The lowest BCUT2D eigenvalue weighted by molar-refractivity contribution is 0.412. The summed E-state index contributed by atoms with van der Waals surface area (Å²) in [5.74, 6) is 2.45. The minimum absolute atomic E-state index is 0.209. The van der Waals surface area contributed by atoms with E-state index in [2.05, 4.69) is 34.2 Å². The van der Waals surface area contributed by atoms with Crippen molar-refractivity contribution in [1.82, 2.24) is 5.32 Å². The van der Waals surface area contributed by atoms with E-state index in [0.29, 0.717) is 0 Å². The zero-order valence-corrected chi connectivity index (χ0v) is 13.4. The van der Waals surface area contributed by atoms with Crippen molar-refractivity contribution in [2.45, 2.75) is 13.0 Å². The van der Waals surface area contributed by atoms with Crippen LogP contribution < -0.4 is 14.8 Å². The van der Waals surface area contributed by atoms with Crippen LogP contribution in [0.2, 0.25) is 0 Å². The molecule has 0 fully saturated rings. The molecule has 3 nitrogen and oxygen atoms in total. The predicted molar refractivity (Wildman–Crippen MR) is 84.7 cm³/mol. The van der Waals surface area contributed by atoms with Crippen molar-refractivity contribution < 1.29 is 9.47 Å². The van der Waals surface area contributed by atoms with Crippen molar-refractivity contribution in [2.75, 3.05) is 14.2 Å². The third kappa shape index (κ3) is 3.52. The van der Waals surface area contributed by atoms with Gasteiger partial charge in [-0.25, -0.2) is 0 Å². The molecule has 1 unspecified atom stereocenters. The SMILES string of the molecule is CNC(C)c1cc(Br)ccc1Oc1ccc(OC)cc1. The van der Waals surface area contributed by atoms with Crippen LogP contribution in [0.4, 0.5) is 0 Å². The van der Waals surface area contributed by atoms with Gasteiger partial charge < -0.3 is 14.8 Å². The Bertz CT molecular complexity index is 569. The van der Waals surface area contributed by atoms with E-state index in [1.54, 1.807) is 7.11 Å². The molecule has 2 rings (SSSR count). The Hall–Kier alpha value is -1.52. The molecule has 0 saturated carbocycles. The molecule has 1 atom stereocenters. The lowest BCUT2D eigenvalue weighted by Gasteiger charge is -2.17. The van der Waals surface area contributed by atoms with Crippen LogP contribution in [0.25, 0.3) is 0 Å². The number of ether oxygens (including phenoxy) is 2. The molecule has 0 spiro atoms. The molecule has 0 saturated heterocycles. The van der Waals surface area contributed by atoms with Gasteiger partial charge in [0.25, 0.3) is 0 Å². The van der Waals surface area contributed by atoms with Crippen LogP contribution in [-0.2, 0) is 0 Å². The highest BCUT2D eigenvalue weighted by Crippen LogP contribution is 2.32. The maximum absolute atomic E-state index is 5.97. The van der Waals surface area contributed by atoms with Crippen LogP contribution >= 0.6 is 15.9 Å². The van der Waals surface area contributed by atoms with Gasteiger partial charge in [-0.2, -0.15) is 0 Å². The van der Waals surface area contributed by atoms with Crippen LogP contribution in [0.1, 0.15) is 18.5 Å². The van der Waals surface area contributed by atoms with Gasteiger partial charge in [0.1, 0.15) is 17.2 Å². The van der Waals surface area contributed by atoms with E-state index in [1.165, 1.54) is 0 Å². The summed E-state index contributed by atoms with van der Waals surface area (Å²) >= 11 is 3.50. The second-order valence-corrected chi connectivity index (χ2v) is 5.39. The highest BCUT2D eigenvalue weighted by Gasteiger charge is 2.11. The quantitative estimate of drug-likeness (QED) is 0.870. The van der Waals surface area contributed by atoms with E-state index in [1.807, 2.05) is 43.4 Å². The minimum atomic E-state index is 0.209. The topological polar surface area (TPSA) is 30.5 Å². The van der Waals surface area contributed by atoms with Crippen molar-refractivity contribution >= 4 is 15.9 Å². The predicted octanol–water partition coefficient (Wildman–Crippen LogP) is 4.53. The van der Waals surface area contributed by atoms with Crippen molar-refractivity contribution in [3.63, 3.8) is 0 Å². The van der Waals surface area contributed by atoms with E-state index >= 15 is 0 Å². The van der Waals surface area contributed by atoms with Gasteiger partial charge in [0.15, 0.2) is 0 Å². The summed E-state index contributed by atoms with van der Waals surface area (Å²) in [6, 6.07) is 13.8. The van der Waals surface area contributed by atoms with Gasteiger partial charge in [0.05, 0.1) is 7.11 Å². The highest BCUT2D eigenvalue weighted by molar-refractivity contribution is 9.10. The van der Waals surface area contributed by atoms with Crippen molar-refractivity contribution in [3.8, 4) is 17.2 Å². The normalized spacial score (nSPS) is 12.0. The largest absolute Gasteiger partial charge is 0.497 e. The van der Waals surface area contributed by atoms with Gasteiger partial charge in [-0.05, 0) is 56.4 Å². The average molecular weight is 336 g/mol. The number of halogens is 1. The summed E-state index contributed by atoms with van der Waals surface area (Å²) in [5.41, 5.74) is 1.11. The number of hydrogen-bond acceptors (Lipinski definition) is 3. The summed E-state index contributed by atoms with van der Waals surface area (Å²) < 4.78 is 12.2. The van der Waals surface area contributed by atoms with Gasteiger partial charge in [-0.3, -0.25) is 0 Å².